The molecule has 106 valence electrons. The first-order chi connectivity index (χ1) is 9.63. The Hall–Kier alpha value is -1.13. The van der Waals surface area contributed by atoms with Gasteiger partial charge in [-0.2, -0.15) is 5.10 Å². The summed E-state index contributed by atoms with van der Waals surface area (Å²) in [5.74, 6) is 0. The van der Waals surface area contributed by atoms with E-state index in [0.29, 0.717) is 6.04 Å². The second kappa shape index (κ2) is 5.70. The van der Waals surface area contributed by atoms with Crippen LogP contribution in [0.1, 0.15) is 24.1 Å². The summed E-state index contributed by atoms with van der Waals surface area (Å²) in [7, 11) is 0. The molecule has 0 aliphatic carbocycles. The summed E-state index contributed by atoms with van der Waals surface area (Å²) >= 11 is 3.52. The molecule has 0 saturated carbocycles. The number of halogens is 1. The average molecular weight is 334 g/mol. The monoisotopic (exact) mass is 333 g/mol. The summed E-state index contributed by atoms with van der Waals surface area (Å²) in [6, 6.07) is 7.00. The lowest BCUT2D eigenvalue weighted by atomic mass is 10.0. The number of nitrogens with zero attached hydrogens (tertiary/aromatic N) is 2. The Labute approximate surface area is 128 Å². The minimum Gasteiger partial charge on any atom is -0.312 e. The third-order valence-corrected chi connectivity index (χ3v) is 4.49. The highest BCUT2D eigenvalue weighted by Crippen LogP contribution is 2.28. The van der Waals surface area contributed by atoms with Gasteiger partial charge >= 0.3 is 0 Å². The lowest BCUT2D eigenvalue weighted by Crippen LogP contribution is -2.26. The zero-order chi connectivity index (χ0) is 14.1. The van der Waals surface area contributed by atoms with Crippen molar-refractivity contribution < 1.29 is 0 Å². The Morgan fingerprint density at radius 2 is 2.20 bits per heavy atom. The third kappa shape index (κ3) is 2.81. The maximum absolute atomic E-state index is 4.68. The van der Waals surface area contributed by atoms with E-state index in [9.17, 15) is 0 Å². The smallest absolute Gasteiger partial charge is 0.0672 e. The highest BCUT2D eigenvalue weighted by atomic mass is 79.9. The summed E-state index contributed by atoms with van der Waals surface area (Å²) in [5.41, 5.74) is 4.90. The van der Waals surface area contributed by atoms with E-state index in [4.69, 9.17) is 0 Å². The second-order valence-corrected chi connectivity index (χ2v) is 6.52. The fourth-order valence-electron chi connectivity index (χ4n) is 2.94. The minimum absolute atomic E-state index is 0.577. The van der Waals surface area contributed by atoms with E-state index >= 15 is 0 Å². The molecular formula is C16H20BrN3. The lowest BCUT2D eigenvalue weighted by molar-refractivity contribution is 0.474. The third-order valence-electron chi connectivity index (χ3n) is 3.99. The van der Waals surface area contributed by atoms with E-state index in [1.54, 1.807) is 0 Å². The van der Waals surface area contributed by atoms with Crippen LogP contribution < -0.4 is 5.32 Å². The molecule has 1 atom stereocenters. The molecule has 0 bridgehead atoms. The lowest BCUT2D eigenvalue weighted by Gasteiger charge is -2.09. The van der Waals surface area contributed by atoms with Crippen molar-refractivity contribution >= 4 is 15.9 Å². The SMILES string of the molecule is Cc1cc(Br)ccc1-c1cn(CC2CCCN2)nc1C. The molecule has 1 aliphatic heterocycles. The first-order valence-electron chi connectivity index (χ1n) is 7.17. The van der Waals surface area contributed by atoms with Gasteiger partial charge in [-0.1, -0.05) is 22.0 Å². The van der Waals surface area contributed by atoms with Gasteiger partial charge in [0.15, 0.2) is 0 Å². The van der Waals surface area contributed by atoms with Gasteiger partial charge in [0.25, 0.3) is 0 Å². The Morgan fingerprint density at radius 1 is 1.35 bits per heavy atom. The predicted molar refractivity (Wildman–Crippen MR) is 85.9 cm³/mol. The van der Waals surface area contributed by atoms with Crippen LogP contribution in [0.25, 0.3) is 11.1 Å². The number of aromatic nitrogens is 2. The fraction of sp³-hybridized carbons (Fsp3) is 0.438. The molecular weight excluding hydrogens is 314 g/mol. The van der Waals surface area contributed by atoms with Crippen molar-refractivity contribution in [2.75, 3.05) is 6.54 Å². The van der Waals surface area contributed by atoms with Crippen LogP contribution in [-0.2, 0) is 6.54 Å². The number of hydrogen-bond acceptors (Lipinski definition) is 2. The summed E-state index contributed by atoms with van der Waals surface area (Å²) in [6.07, 6.45) is 4.72. The van der Waals surface area contributed by atoms with E-state index < -0.39 is 0 Å². The molecule has 2 heterocycles. The number of nitrogens with one attached hydrogen (secondary N) is 1. The summed E-state index contributed by atoms with van der Waals surface area (Å²) in [6.45, 7) is 6.35. The Bertz CT molecular complexity index is 612. The zero-order valence-corrected chi connectivity index (χ0v) is 13.6. The summed E-state index contributed by atoms with van der Waals surface area (Å²) in [5, 5.41) is 8.20. The van der Waals surface area contributed by atoms with Crippen LogP contribution in [0, 0.1) is 13.8 Å². The second-order valence-electron chi connectivity index (χ2n) is 5.60. The van der Waals surface area contributed by atoms with Crippen LogP contribution in [0.5, 0.6) is 0 Å². The Balaban J connectivity index is 1.88. The zero-order valence-electron chi connectivity index (χ0n) is 12.0. The van der Waals surface area contributed by atoms with Gasteiger partial charge in [0, 0.05) is 22.3 Å². The van der Waals surface area contributed by atoms with Gasteiger partial charge in [0.2, 0.25) is 0 Å². The topological polar surface area (TPSA) is 29.9 Å². The molecule has 0 spiro atoms. The van der Waals surface area contributed by atoms with Gasteiger partial charge in [0.1, 0.15) is 0 Å². The molecule has 1 unspecified atom stereocenters. The first kappa shape index (κ1) is 13.8. The highest BCUT2D eigenvalue weighted by Gasteiger charge is 2.16. The standard InChI is InChI=1S/C16H20BrN3/c1-11-8-13(17)5-6-15(11)16-10-20(19-12(16)2)9-14-4-3-7-18-14/h5-6,8,10,14,18H,3-4,7,9H2,1-2H3. The largest absolute Gasteiger partial charge is 0.312 e. The van der Waals surface area contributed by atoms with Gasteiger partial charge < -0.3 is 5.32 Å². The maximum Gasteiger partial charge on any atom is 0.0672 e. The van der Waals surface area contributed by atoms with E-state index in [1.807, 2.05) is 0 Å². The number of aryl methyl sites for hydroxylation is 2. The molecule has 3 rings (SSSR count). The molecule has 1 aliphatic rings. The minimum atomic E-state index is 0.577. The van der Waals surface area contributed by atoms with Crippen LogP contribution in [-0.4, -0.2) is 22.4 Å². The van der Waals surface area contributed by atoms with Crippen LogP contribution >= 0.6 is 15.9 Å². The van der Waals surface area contributed by atoms with Crippen LogP contribution in [0.15, 0.2) is 28.9 Å². The van der Waals surface area contributed by atoms with Crippen molar-refractivity contribution in [2.24, 2.45) is 0 Å². The molecule has 1 aromatic heterocycles. The van der Waals surface area contributed by atoms with Crippen molar-refractivity contribution in [1.29, 1.82) is 0 Å². The van der Waals surface area contributed by atoms with Crippen LogP contribution in [0.3, 0.4) is 0 Å². The van der Waals surface area contributed by atoms with E-state index in [0.717, 1.165) is 23.3 Å². The molecule has 1 N–H and O–H groups in total. The van der Waals surface area contributed by atoms with E-state index in [-0.39, 0.29) is 0 Å². The van der Waals surface area contributed by atoms with Crippen LogP contribution in [0.4, 0.5) is 0 Å². The van der Waals surface area contributed by atoms with Gasteiger partial charge in [0.05, 0.1) is 12.2 Å². The van der Waals surface area contributed by atoms with Gasteiger partial charge in [-0.15, -0.1) is 0 Å². The molecule has 1 fully saturated rings. The molecule has 2 aromatic rings. The van der Waals surface area contributed by atoms with Gasteiger partial charge in [-0.3, -0.25) is 4.68 Å². The fourth-order valence-corrected chi connectivity index (χ4v) is 3.42. The van der Waals surface area contributed by atoms with Crippen molar-refractivity contribution in [3.05, 3.63) is 40.1 Å². The molecule has 1 saturated heterocycles. The summed E-state index contributed by atoms with van der Waals surface area (Å²) in [4.78, 5) is 0. The highest BCUT2D eigenvalue weighted by molar-refractivity contribution is 9.10. The van der Waals surface area contributed by atoms with Crippen molar-refractivity contribution in [2.45, 2.75) is 39.3 Å². The quantitative estimate of drug-likeness (QED) is 0.928. The van der Waals surface area contributed by atoms with E-state index in [2.05, 4.69) is 69.3 Å². The summed E-state index contributed by atoms with van der Waals surface area (Å²) < 4.78 is 3.22. The number of rotatable bonds is 3. The normalized spacial score (nSPS) is 18.6. The average Bonchev–Trinajstić information content (AvgIpc) is 3.00. The van der Waals surface area contributed by atoms with Gasteiger partial charge in [-0.05, 0) is 56.5 Å². The molecule has 3 nitrogen and oxygen atoms in total. The molecule has 4 heteroatoms. The molecule has 1 aromatic carbocycles. The molecule has 0 radical (unpaired) electrons. The Morgan fingerprint density at radius 3 is 2.90 bits per heavy atom. The van der Waals surface area contributed by atoms with Gasteiger partial charge in [-0.25, -0.2) is 0 Å². The number of benzene rings is 1. The van der Waals surface area contributed by atoms with E-state index in [1.165, 1.54) is 29.5 Å². The van der Waals surface area contributed by atoms with Crippen molar-refractivity contribution in [3.63, 3.8) is 0 Å². The van der Waals surface area contributed by atoms with Crippen molar-refractivity contribution in [3.8, 4) is 11.1 Å². The molecule has 20 heavy (non-hydrogen) atoms. The Kier molecular flexibility index (Phi) is 3.94. The molecule has 0 amide bonds. The number of hydrogen-bond donors (Lipinski definition) is 1. The maximum atomic E-state index is 4.68. The van der Waals surface area contributed by atoms with Crippen LogP contribution in [0.2, 0.25) is 0 Å². The van der Waals surface area contributed by atoms with Crippen molar-refractivity contribution in [1.82, 2.24) is 15.1 Å². The predicted octanol–water partition coefficient (Wildman–Crippen LogP) is 3.68. The first-order valence-corrected chi connectivity index (χ1v) is 7.97.